The monoisotopic (exact) mass is 409 g/mol. The number of hydrogen-bond donors (Lipinski definition) is 1. The van der Waals surface area contributed by atoms with Crippen LogP contribution >= 0.6 is 11.3 Å². The molecule has 1 N–H and O–H groups in total. The number of nitrogens with zero attached hydrogens (tertiary/aromatic N) is 2. The fourth-order valence-corrected chi connectivity index (χ4v) is 5.30. The second kappa shape index (κ2) is 7.41. The number of fused-ring (bicyclic) bond motifs is 3. The summed E-state index contributed by atoms with van der Waals surface area (Å²) in [5, 5.41) is 3.56. The van der Waals surface area contributed by atoms with Crippen molar-refractivity contribution in [3.05, 3.63) is 57.0 Å². The number of thiophene rings is 1. The number of carbonyl (C=O) groups excluding carboxylic acids is 1. The minimum Gasteiger partial charge on any atom is -0.325 e. The molecule has 4 rings (SSSR count). The molecular formula is C23H27N3O2S. The third-order valence-corrected chi connectivity index (χ3v) is 7.07. The van der Waals surface area contributed by atoms with E-state index in [-0.39, 0.29) is 23.4 Å². The lowest BCUT2D eigenvalue weighted by molar-refractivity contribution is -0.116. The van der Waals surface area contributed by atoms with Crippen molar-refractivity contribution in [1.29, 1.82) is 0 Å². The molecule has 1 aliphatic carbocycles. The first-order chi connectivity index (χ1) is 13.7. The second-order valence-corrected chi connectivity index (χ2v) is 10.2. The molecule has 0 aliphatic heterocycles. The van der Waals surface area contributed by atoms with E-state index >= 15 is 0 Å². The number of aromatic nitrogens is 2. The third-order valence-electron chi connectivity index (χ3n) is 5.91. The summed E-state index contributed by atoms with van der Waals surface area (Å²) < 4.78 is 1.43. The number of carbonyl (C=O) groups is 1. The van der Waals surface area contributed by atoms with Gasteiger partial charge in [0.25, 0.3) is 5.56 Å². The molecule has 0 bridgehead atoms. The molecule has 29 heavy (non-hydrogen) atoms. The first-order valence-electron chi connectivity index (χ1n) is 10.1. The van der Waals surface area contributed by atoms with Crippen molar-refractivity contribution in [1.82, 2.24) is 9.55 Å². The zero-order valence-electron chi connectivity index (χ0n) is 17.4. The van der Waals surface area contributed by atoms with Crippen LogP contribution < -0.4 is 10.9 Å². The van der Waals surface area contributed by atoms with E-state index in [0.29, 0.717) is 11.3 Å². The van der Waals surface area contributed by atoms with Crippen molar-refractivity contribution in [2.45, 2.75) is 53.5 Å². The Kier molecular flexibility index (Phi) is 5.07. The first-order valence-corrected chi connectivity index (χ1v) is 10.9. The number of nitrogens with one attached hydrogen (secondary N) is 1. The van der Waals surface area contributed by atoms with Crippen LogP contribution in [0.4, 0.5) is 5.69 Å². The van der Waals surface area contributed by atoms with Crippen molar-refractivity contribution >= 4 is 33.1 Å². The highest BCUT2D eigenvalue weighted by molar-refractivity contribution is 7.18. The van der Waals surface area contributed by atoms with E-state index in [1.54, 1.807) is 11.3 Å². The van der Waals surface area contributed by atoms with Gasteiger partial charge in [-0.2, -0.15) is 0 Å². The molecule has 0 saturated heterocycles. The Morgan fingerprint density at radius 1 is 1.28 bits per heavy atom. The number of amides is 1. The van der Waals surface area contributed by atoms with E-state index in [9.17, 15) is 9.59 Å². The lowest BCUT2D eigenvalue weighted by atomic mass is 9.72. The van der Waals surface area contributed by atoms with Crippen LogP contribution in [0.1, 0.15) is 43.2 Å². The number of hydrogen-bond acceptors (Lipinski definition) is 4. The van der Waals surface area contributed by atoms with Crippen molar-refractivity contribution in [3.8, 4) is 0 Å². The van der Waals surface area contributed by atoms with E-state index in [0.717, 1.165) is 40.9 Å². The molecule has 6 heteroatoms. The molecular weight excluding hydrogens is 382 g/mol. The van der Waals surface area contributed by atoms with Crippen LogP contribution in [-0.4, -0.2) is 15.5 Å². The van der Waals surface area contributed by atoms with Gasteiger partial charge in [0, 0.05) is 10.6 Å². The van der Waals surface area contributed by atoms with Gasteiger partial charge < -0.3 is 5.32 Å². The van der Waals surface area contributed by atoms with Crippen molar-refractivity contribution in [2.24, 2.45) is 11.3 Å². The average molecular weight is 410 g/mol. The van der Waals surface area contributed by atoms with Crippen LogP contribution in [0.15, 0.2) is 35.4 Å². The Morgan fingerprint density at radius 3 is 2.69 bits per heavy atom. The number of anilines is 1. The summed E-state index contributed by atoms with van der Waals surface area (Å²) in [7, 11) is 0. The fourth-order valence-electron chi connectivity index (χ4n) is 4.05. The minimum atomic E-state index is -0.228. The lowest BCUT2D eigenvalue weighted by Crippen LogP contribution is -2.29. The van der Waals surface area contributed by atoms with Crippen molar-refractivity contribution in [3.63, 3.8) is 0 Å². The Morgan fingerprint density at radius 2 is 2.00 bits per heavy atom. The largest absolute Gasteiger partial charge is 0.325 e. The van der Waals surface area contributed by atoms with Crippen LogP contribution in [0, 0.1) is 18.3 Å². The smallest absolute Gasteiger partial charge is 0.262 e. The normalized spacial score (nSPS) is 16.6. The van der Waals surface area contributed by atoms with Gasteiger partial charge >= 0.3 is 0 Å². The summed E-state index contributed by atoms with van der Waals surface area (Å²) in [4.78, 5) is 32.2. The van der Waals surface area contributed by atoms with E-state index < -0.39 is 0 Å². The van der Waals surface area contributed by atoms with Crippen molar-refractivity contribution in [2.75, 3.05) is 5.32 Å². The Balaban J connectivity index is 1.59. The van der Waals surface area contributed by atoms with Gasteiger partial charge in [0.1, 0.15) is 11.4 Å². The molecule has 1 atom stereocenters. The van der Waals surface area contributed by atoms with Gasteiger partial charge in [-0.1, -0.05) is 38.5 Å². The zero-order chi connectivity index (χ0) is 20.8. The topological polar surface area (TPSA) is 64.0 Å². The Hall–Kier alpha value is -2.47. The summed E-state index contributed by atoms with van der Waals surface area (Å²) in [5.41, 5.74) is 3.15. The maximum atomic E-state index is 13.1. The van der Waals surface area contributed by atoms with Gasteiger partial charge in [-0.25, -0.2) is 4.98 Å². The molecule has 5 nitrogen and oxygen atoms in total. The summed E-state index contributed by atoms with van der Waals surface area (Å²) >= 11 is 1.64. The number of rotatable bonds is 3. The minimum absolute atomic E-state index is 0.0368. The summed E-state index contributed by atoms with van der Waals surface area (Å²) in [6, 6.07) is 7.60. The predicted molar refractivity (Wildman–Crippen MR) is 119 cm³/mol. The molecule has 0 unspecified atom stereocenters. The van der Waals surface area contributed by atoms with Crippen LogP contribution in [0.3, 0.4) is 0 Å². The summed E-state index contributed by atoms with van der Waals surface area (Å²) in [6.07, 6.45) is 4.51. The predicted octanol–water partition coefficient (Wildman–Crippen LogP) is 4.56. The van der Waals surface area contributed by atoms with E-state index in [4.69, 9.17) is 0 Å². The van der Waals surface area contributed by atoms with Gasteiger partial charge in [-0.15, -0.1) is 11.3 Å². The molecule has 1 aromatic carbocycles. The molecule has 0 fully saturated rings. The van der Waals surface area contributed by atoms with Gasteiger partial charge in [0.05, 0.1) is 11.7 Å². The fraction of sp³-hybridized carbons (Fsp3) is 0.435. The maximum absolute atomic E-state index is 13.1. The van der Waals surface area contributed by atoms with Crippen molar-refractivity contribution < 1.29 is 4.79 Å². The second-order valence-electron chi connectivity index (χ2n) is 9.08. The van der Waals surface area contributed by atoms with E-state index in [1.165, 1.54) is 15.8 Å². The van der Waals surface area contributed by atoms with Gasteiger partial charge in [0.2, 0.25) is 5.91 Å². The van der Waals surface area contributed by atoms with Crippen LogP contribution in [-0.2, 0) is 24.2 Å². The third kappa shape index (κ3) is 3.99. The highest BCUT2D eigenvalue weighted by atomic mass is 32.1. The Bertz CT molecular complexity index is 1120. The zero-order valence-corrected chi connectivity index (χ0v) is 18.2. The first kappa shape index (κ1) is 19.8. The average Bonchev–Trinajstić information content (AvgIpc) is 3.03. The molecule has 1 amide bonds. The van der Waals surface area contributed by atoms with Crippen LogP contribution in [0.5, 0.6) is 0 Å². The number of aryl methyl sites for hydroxylation is 2. The Labute approximate surface area is 174 Å². The SMILES string of the molecule is Cc1ccc(NC(=O)Cn2cnc3sc4c(c3c2=O)CC[C@@H](C(C)(C)C)C4)cc1. The molecule has 1 aliphatic rings. The quantitative estimate of drug-likeness (QED) is 0.690. The van der Waals surface area contributed by atoms with Gasteiger partial charge in [0.15, 0.2) is 0 Å². The highest BCUT2D eigenvalue weighted by Crippen LogP contribution is 2.41. The molecule has 2 aromatic heterocycles. The van der Waals surface area contributed by atoms with Crippen LogP contribution in [0.2, 0.25) is 0 Å². The molecule has 152 valence electrons. The molecule has 2 heterocycles. The van der Waals surface area contributed by atoms with E-state index in [2.05, 4.69) is 31.1 Å². The molecule has 0 spiro atoms. The highest BCUT2D eigenvalue weighted by Gasteiger charge is 2.31. The molecule has 0 radical (unpaired) electrons. The molecule has 3 aromatic rings. The number of benzene rings is 1. The van der Waals surface area contributed by atoms with Gasteiger partial charge in [-0.3, -0.25) is 14.2 Å². The van der Waals surface area contributed by atoms with E-state index in [1.807, 2.05) is 31.2 Å². The molecule has 0 saturated carbocycles. The van der Waals surface area contributed by atoms with Gasteiger partial charge in [-0.05, 0) is 55.2 Å². The van der Waals surface area contributed by atoms with Crippen LogP contribution in [0.25, 0.3) is 10.2 Å². The lowest BCUT2D eigenvalue weighted by Gasteiger charge is -2.33. The standard InChI is InChI=1S/C23H27N3O2S/c1-14-5-8-16(9-6-14)25-19(27)12-26-13-24-21-20(22(26)28)17-10-7-15(23(2,3)4)11-18(17)29-21/h5-6,8-9,13,15H,7,10-12H2,1-4H3,(H,25,27)/t15-/m1/s1. The summed E-state index contributed by atoms with van der Waals surface area (Å²) in [6.45, 7) is 8.82. The maximum Gasteiger partial charge on any atom is 0.262 e. The summed E-state index contributed by atoms with van der Waals surface area (Å²) in [5.74, 6) is 0.388.